The minimum Gasteiger partial charge on any atom is -0.496 e. The lowest BCUT2D eigenvalue weighted by Gasteiger charge is -2.30. The van der Waals surface area contributed by atoms with E-state index in [9.17, 15) is 0 Å². The minimum atomic E-state index is 0.0521. The van der Waals surface area contributed by atoms with Crippen LogP contribution in [0.2, 0.25) is 0 Å². The number of nitrogens with zero attached hydrogens (tertiary/aromatic N) is 1. The zero-order valence-electron chi connectivity index (χ0n) is 12.4. The molecule has 1 rings (SSSR count). The van der Waals surface area contributed by atoms with Crippen molar-refractivity contribution in [2.75, 3.05) is 21.2 Å². The van der Waals surface area contributed by atoms with Crippen LogP contribution >= 0.6 is 0 Å². The summed E-state index contributed by atoms with van der Waals surface area (Å²) in [5.41, 5.74) is 8.61. The highest BCUT2D eigenvalue weighted by Crippen LogP contribution is 2.32. The van der Waals surface area contributed by atoms with Gasteiger partial charge in [-0.3, -0.25) is 0 Å². The molecule has 0 bridgehead atoms. The number of nitrogens with two attached hydrogens (primary N) is 1. The van der Waals surface area contributed by atoms with Gasteiger partial charge in [0.2, 0.25) is 0 Å². The zero-order valence-corrected chi connectivity index (χ0v) is 12.4. The Morgan fingerprint density at radius 2 is 1.78 bits per heavy atom. The van der Waals surface area contributed by atoms with Crippen LogP contribution in [0.3, 0.4) is 0 Å². The standard InChI is InChI=1S/C15H26N2O/c1-10(2)12-7-8-14(18-6)13(9-12)15(11(3)16)17(4)5/h7-11,15H,16H2,1-6H3. The van der Waals surface area contributed by atoms with Gasteiger partial charge in [-0.05, 0) is 38.6 Å². The molecule has 0 aliphatic carbocycles. The summed E-state index contributed by atoms with van der Waals surface area (Å²) in [5.74, 6) is 1.42. The first-order valence-electron chi connectivity index (χ1n) is 6.48. The molecule has 0 spiro atoms. The molecular weight excluding hydrogens is 224 g/mol. The van der Waals surface area contributed by atoms with Crippen molar-refractivity contribution in [2.24, 2.45) is 5.73 Å². The van der Waals surface area contributed by atoms with E-state index in [1.165, 1.54) is 11.1 Å². The molecule has 0 saturated heterocycles. The first-order valence-corrected chi connectivity index (χ1v) is 6.48. The van der Waals surface area contributed by atoms with E-state index in [1.54, 1.807) is 7.11 Å². The zero-order chi connectivity index (χ0) is 13.9. The maximum atomic E-state index is 6.12. The predicted octanol–water partition coefficient (Wildman–Crippen LogP) is 2.77. The maximum absolute atomic E-state index is 6.12. The monoisotopic (exact) mass is 250 g/mol. The lowest BCUT2D eigenvalue weighted by Crippen LogP contribution is -2.35. The molecule has 0 heterocycles. The lowest BCUT2D eigenvalue weighted by atomic mass is 9.93. The largest absolute Gasteiger partial charge is 0.496 e. The highest BCUT2D eigenvalue weighted by Gasteiger charge is 2.22. The maximum Gasteiger partial charge on any atom is 0.123 e. The fourth-order valence-electron chi connectivity index (χ4n) is 2.37. The molecule has 0 radical (unpaired) electrons. The van der Waals surface area contributed by atoms with Crippen LogP contribution in [-0.2, 0) is 0 Å². The molecule has 0 saturated carbocycles. The molecule has 2 atom stereocenters. The summed E-state index contributed by atoms with van der Waals surface area (Å²) in [4.78, 5) is 2.15. The van der Waals surface area contributed by atoms with Crippen LogP contribution in [0.4, 0.5) is 0 Å². The van der Waals surface area contributed by atoms with Gasteiger partial charge in [0.05, 0.1) is 13.2 Å². The van der Waals surface area contributed by atoms with Crippen molar-refractivity contribution in [3.8, 4) is 5.75 Å². The lowest BCUT2D eigenvalue weighted by molar-refractivity contribution is 0.258. The number of likely N-dealkylation sites (N-methyl/N-ethyl adjacent to an activating group) is 1. The molecule has 0 aromatic heterocycles. The van der Waals surface area contributed by atoms with Crippen LogP contribution in [-0.4, -0.2) is 32.1 Å². The molecule has 1 aromatic carbocycles. The van der Waals surface area contributed by atoms with Crippen LogP contribution in [0, 0.1) is 0 Å². The Balaban J connectivity index is 3.29. The van der Waals surface area contributed by atoms with Crippen molar-refractivity contribution in [3.63, 3.8) is 0 Å². The van der Waals surface area contributed by atoms with Gasteiger partial charge in [-0.1, -0.05) is 26.0 Å². The summed E-state index contributed by atoms with van der Waals surface area (Å²) in [6, 6.07) is 6.61. The minimum absolute atomic E-state index is 0.0521. The second kappa shape index (κ2) is 6.21. The van der Waals surface area contributed by atoms with Gasteiger partial charge in [0.25, 0.3) is 0 Å². The number of hydrogen-bond acceptors (Lipinski definition) is 3. The summed E-state index contributed by atoms with van der Waals surface area (Å²) >= 11 is 0. The SMILES string of the molecule is COc1ccc(C(C)C)cc1C(C(C)N)N(C)C. The summed E-state index contributed by atoms with van der Waals surface area (Å²) in [5, 5.41) is 0. The molecular formula is C15H26N2O. The van der Waals surface area contributed by atoms with Gasteiger partial charge >= 0.3 is 0 Å². The molecule has 1 aromatic rings. The molecule has 2 N–H and O–H groups in total. The van der Waals surface area contributed by atoms with Crippen LogP contribution in [0.25, 0.3) is 0 Å². The third kappa shape index (κ3) is 3.24. The topological polar surface area (TPSA) is 38.5 Å². The average molecular weight is 250 g/mol. The summed E-state index contributed by atoms with van der Waals surface area (Å²) < 4.78 is 5.48. The van der Waals surface area contributed by atoms with Crippen LogP contribution in [0.1, 0.15) is 43.9 Å². The van der Waals surface area contributed by atoms with Gasteiger partial charge in [0.1, 0.15) is 5.75 Å². The Kier molecular flexibility index (Phi) is 5.17. The second-order valence-electron chi connectivity index (χ2n) is 5.42. The number of methoxy groups -OCH3 is 1. The molecule has 0 amide bonds. The molecule has 3 heteroatoms. The number of rotatable bonds is 5. The van der Waals surface area contributed by atoms with Gasteiger partial charge < -0.3 is 15.4 Å². The first-order chi connectivity index (χ1) is 8.38. The molecule has 0 aliphatic heterocycles. The molecule has 18 heavy (non-hydrogen) atoms. The van der Waals surface area contributed by atoms with Crippen molar-refractivity contribution in [2.45, 2.75) is 38.8 Å². The highest BCUT2D eigenvalue weighted by atomic mass is 16.5. The Morgan fingerprint density at radius 3 is 2.17 bits per heavy atom. The first kappa shape index (κ1) is 15.0. The summed E-state index contributed by atoms with van der Waals surface area (Å²) in [6.07, 6.45) is 0. The van der Waals surface area contributed by atoms with Gasteiger partial charge in [0, 0.05) is 11.6 Å². The van der Waals surface area contributed by atoms with E-state index in [0.717, 1.165) is 5.75 Å². The van der Waals surface area contributed by atoms with E-state index in [4.69, 9.17) is 10.5 Å². The van der Waals surface area contributed by atoms with Gasteiger partial charge in [-0.15, -0.1) is 0 Å². The number of ether oxygens (including phenoxy) is 1. The van der Waals surface area contributed by atoms with E-state index in [2.05, 4.69) is 45.0 Å². The van der Waals surface area contributed by atoms with Crippen LogP contribution < -0.4 is 10.5 Å². The van der Waals surface area contributed by atoms with Crippen molar-refractivity contribution in [1.29, 1.82) is 0 Å². The average Bonchev–Trinajstić information content (AvgIpc) is 2.27. The predicted molar refractivity (Wildman–Crippen MR) is 77.2 cm³/mol. The van der Waals surface area contributed by atoms with E-state index in [1.807, 2.05) is 13.0 Å². The molecule has 2 unspecified atom stereocenters. The van der Waals surface area contributed by atoms with Gasteiger partial charge in [-0.25, -0.2) is 0 Å². The molecule has 0 aliphatic rings. The Hall–Kier alpha value is -1.06. The van der Waals surface area contributed by atoms with E-state index in [-0.39, 0.29) is 12.1 Å². The second-order valence-corrected chi connectivity index (χ2v) is 5.42. The number of hydrogen-bond donors (Lipinski definition) is 1. The molecule has 0 fully saturated rings. The van der Waals surface area contributed by atoms with Crippen molar-refractivity contribution in [3.05, 3.63) is 29.3 Å². The van der Waals surface area contributed by atoms with E-state index in [0.29, 0.717) is 5.92 Å². The molecule has 3 nitrogen and oxygen atoms in total. The van der Waals surface area contributed by atoms with Crippen molar-refractivity contribution < 1.29 is 4.74 Å². The Morgan fingerprint density at radius 1 is 1.17 bits per heavy atom. The smallest absolute Gasteiger partial charge is 0.123 e. The normalized spacial score (nSPS) is 14.9. The fraction of sp³-hybridized carbons (Fsp3) is 0.600. The fourth-order valence-corrected chi connectivity index (χ4v) is 2.37. The van der Waals surface area contributed by atoms with Crippen LogP contribution in [0.5, 0.6) is 5.75 Å². The van der Waals surface area contributed by atoms with E-state index >= 15 is 0 Å². The van der Waals surface area contributed by atoms with E-state index < -0.39 is 0 Å². The molecule has 102 valence electrons. The summed E-state index contributed by atoms with van der Waals surface area (Å²) in [6.45, 7) is 6.43. The summed E-state index contributed by atoms with van der Waals surface area (Å²) in [7, 11) is 5.81. The van der Waals surface area contributed by atoms with Crippen LogP contribution in [0.15, 0.2) is 18.2 Å². The van der Waals surface area contributed by atoms with Gasteiger partial charge in [-0.2, -0.15) is 0 Å². The van der Waals surface area contributed by atoms with Crippen molar-refractivity contribution >= 4 is 0 Å². The Bertz CT molecular complexity index is 378. The quantitative estimate of drug-likeness (QED) is 0.873. The third-order valence-electron chi connectivity index (χ3n) is 3.29. The number of benzene rings is 1. The van der Waals surface area contributed by atoms with Crippen molar-refractivity contribution in [1.82, 2.24) is 4.90 Å². The Labute approximate surface area is 111 Å². The van der Waals surface area contributed by atoms with Gasteiger partial charge in [0.15, 0.2) is 0 Å². The highest BCUT2D eigenvalue weighted by molar-refractivity contribution is 5.41. The third-order valence-corrected chi connectivity index (χ3v) is 3.29.